The molecule has 1 unspecified atom stereocenters. The van der Waals surface area contributed by atoms with Crippen LogP contribution >= 0.6 is 23.2 Å². The zero-order valence-corrected chi connectivity index (χ0v) is 19.8. The molecule has 4 aromatic rings. The fraction of sp³-hybridized carbons (Fsp3) is 0.217. The molecule has 0 bridgehead atoms. The molecule has 0 aliphatic heterocycles. The third kappa shape index (κ3) is 3.96. The van der Waals surface area contributed by atoms with Gasteiger partial charge < -0.3 is 16.0 Å². The second kappa shape index (κ2) is 8.50. The van der Waals surface area contributed by atoms with Crippen molar-refractivity contribution in [2.45, 2.75) is 18.9 Å². The number of likely N-dealkylation sites (N-methyl/N-ethyl adjacent to an activating group) is 1. The summed E-state index contributed by atoms with van der Waals surface area (Å²) in [5, 5.41) is 3.34. The number of aromatic nitrogens is 4. The molecule has 5 rings (SSSR count). The van der Waals surface area contributed by atoms with Gasteiger partial charge in [-0.1, -0.05) is 29.3 Å². The number of halogens is 3. The van der Waals surface area contributed by atoms with Crippen LogP contribution in [0.5, 0.6) is 0 Å². The normalized spacial score (nSPS) is 15.2. The minimum absolute atomic E-state index is 0.00999. The molecule has 2 aromatic carbocycles. The topological polar surface area (TPSA) is 102 Å². The molecule has 0 fully saturated rings. The zero-order chi connectivity index (χ0) is 24.1. The van der Waals surface area contributed by atoms with Crippen LogP contribution in [0.4, 0.5) is 21.8 Å². The molecule has 174 valence electrons. The number of nitrogen functional groups attached to an aromatic ring is 1. The van der Waals surface area contributed by atoms with Crippen molar-refractivity contribution in [1.82, 2.24) is 24.4 Å². The highest BCUT2D eigenvalue weighted by atomic mass is 35.5. The highest BCUT2D eigenvalue weighted by Gasteiger charge is 2.23. The second-order valence-electron chi connectivity index (χ2n) is 8.40. The van der Waals surface area contributed by atoms with E-state index in [1.807, 2.05) is 6.07 Å². The van der Waals surface area contributed by atoms with Crippen molar-refractivity contribution < 1.29 is 4.39 Å². The maximum atomic E-state index is 13.6. The Morgan fingerprint density at radius 3 is 2.53 bits per heavy atom. The van der Waals surface area contributed by atoms with Gasteiger partial charge in [0, 0.05) is 17.9 Å². The van der Waals surface area contributed by atoms with Crippen molar-refractivity contribution >= 4 is 51.7 Å². The van der Waals surface area contributed by atoms with Gasteiger partial charge in [0.15, 0.2) is 5.65 Å². The molecule has 34 heavy (non-hydrogen) atoms. The molecule has 0 radical (unpaired) electrons. The van der Waals surface area contributed by atoms with E-state index in [1.54, 1.807) is 0 Å². The molecule has 0 amide bonds. The number of nitrogens with one attached hydrogen (secondary N) is 1. The summed E-state index contributed by atoms with van der Waals surface area (Å²) in [6, 6.07) is 8.74. The van der Waals surface area contributed by atoms with Gasteiger partial charge in [0.25, 0.3) is 0 Å². The third-order valence-electron chi connectivity index (χ3n) is 5.99. The Hall–Kier alpha value is -3.27. The average Bonchev–Trinajstić information content (AvgIpc) is 3.19. The van der Waals surface area contributed by atoms with Crippen LogP contribution < -0.4 is 16.7 Å². The lowest BCUT2D eigenvalue weighted by Crippen LogP contribution is -2.27. The highest BCUT2D eigenvalue weighted by molar-refractivity contribution is 6.37. The van der Waals surface area contributed by atoms with Crippen LogP contribution in [0.3, 0.4) is 0 Å². The number of hydrogen-bond acceptors (Lipinski definition) is 7. The fourth-order valence-corrected chi connectivity index (χ4v) is 4.82. The summed E-state index contributed by atoms with van der Waals surface area (Å²) in [5.74, 6) is -0.373. The average molecular weight is 500 g/mol. The van der Waals surface area contributed by atoms with Gasteiger partial charge in [-0.25, -0.2) is 18.7 Å². The molecule has 1 aliphatic carbocycles. The Kier molecular flexibility index (Phi) is 5.63. The molecule has 2 aromatic heterocycles. The number of hydrogen-bond donors (Lipinski definition) is 2. The number of anilines is 3. The van der Waals surface area contributed by atoms with Crippen LogP contribution in [0.1, 0.15) is 11.1 Å². The van der Waals surface area contributed by atoms with Crippen LogP contribution in [0.25, 0.3) is 16.7 Å². The summed E-state index contributed by atoms with van der Waals surface area (Å²) >= 11 is 12.3. The van der Waals surface area contributed by atoms with Gasteiger partial charge in [0.1, 0.15) is 11.6 Å². The van der Waals surface area contributed by atoms with Crippen LogP contribution in [-0.2, 0) is 12.8 Å². The predicted molar refractivity (Wildman–Crippen MR) is 132 cm³/mol. The first-order chi connectivity index (χ1) is 16.2. The van der Waals surface area contributed by atoms with Crippen molar-refractivity contribution in [2.75, 3.05) is 25.1 Å². The molecular formula is C23H20Cl2FN7O. The van der Waals surface area contributed by atoms with Gasteiger partial charge in [0.2, 0.25) is 5.95 Å². The molecule has 1 aliphatic rings. The summed E-state index contributed by atoms with van der Waals surface area (Å²) in [7, 11) is 4.17. The Bertz CT molecular complexity index is 1480. The van der Waals surface area contributed by atoms with E-state index in [0.29, 0.717) is 11.4 Å². The number of nitrogens with two attached hydrogens (primary N) is 1. The molecule has 3 N–H and O–H groups in total. The summed E-state index contributed by atoms with van der Waals surface area (Å²) < 4.78 is 14.6. The lowest BCUT2D eigenvalue weighted by molar-refractivity contribution is 0.303. The van der Waals surface area contributed by atoms with Gasteiger partial charge in [-0.15, -0.1) is 0 Å². The van der Waals surface area contributed by atoms with E-state index in [1.165, 1.54) is 17.3 Å². The van der Waals surface area contributed by atoms with Gasteiger partial charge >= 0.3 is 5.69 Å². The van der Waals surface area contributed by atoms with E-state index < -0.39 is 11.5 Å². The van der Waals surface area contributed by atoms with Crippen molar-refractivity contribution in [3.8, 4) is 5.69 Å². The number of benzene rings is 2. The Morgan fingerprint density at radius 1 is 1.12 bits per heavy atom. The predicted octanol–water partition coefficient (Wildman–Crippen LogP) is 3.98. The molecule has 0 saturated heterocycles. The van der Waals surface area contributed by atoms with E-state index in [-0.39, 0.29) is 33.1 Å². The van der Waals surface area contributed by atoms with Gasteiger partial charge in [-0.2, -0.15) is 9.97 Å². The van der Waals surface area contributed by atoms with Gasteiger partial charge in [-0.3, -0.25) is 0 Å². The Labute approximate surface area is 204 Å². The number of nitrogens with zero attached hydrogens (tertiary/aromatic N) is 5. The molecular weight excluding hydrogens is 480 g/mol. The largest absolute Gasteiger partial charge is 0.384 e. The first-order valence-corrected chi connectivity index (χ1v) is 11.2. The van der Waals surface area contributed by atoms with E-state index in [2.05, 4.69) is 51.4 Å². The number of fused-ring (bicyclic) bond motifs is 2. The highest BCUT2D eigenvalue weighted by Crippen LogP contribution is 2.32. The lowest BCUT2D eigenvalue weighted by atomic mass is 10.1. The Morgan fingerprint density at radius 2 is 1.82 bits per heavy atom. The maximum absolute atomic E-state index is 13.6. The Balaban J connectivity index is 1.50. The van der Waals surface area contributed by atoms with Crippen LogP contribution in [0.15, 0.2) is 41.3 Å². The molecule has 0 saturated carbocycles. The second-order valence-corrected chi connectivity index (χ2v) is 9.21. The summed E-state index contributed by atoms with van der Waals surface area (Å²) in [6.45, 7) is 0. The van der Waals surface area contributed by atoms with Crippen LogP contribution in [-0.4, -0.2) is 44.6 Å². The summed E-state index contributed by atoms with van der Waals surface area (Å²) in [6.07, 6.45) is 3.46. The molecule has 2 heterocycles. The smallest absolute Gasteiger partial charge is 0.355 e. The first kappa shape index (κ1) is 22.5. The fourth-order valence-electron chi connectivity index (χ4n) is 4.19. The molecule has 1 atom stereocenters. The SMILES string of the molecule is CN(C)C1Cc2ccc(Nc3ncc4c(N)n(-c5c(Cl)cc(F)cc5Cl)c(=O)nc4n3)cc2C1. The van der Waals surface area contributed by atoms with Crippen molar-refractivity contribution in [3.05, 3.63) is 74.0 Å². The van der Waals surface area contributed by atoms with Gasteiger partial charge in [0.05, 0.1) is 21.1 Å². The van der Waals surface area contributed by atoms with Crippen LogP contribution in [0.2, 0.25) is 10.0 Å². The lowest BCUT2D eigenvalue weighted by Gasteiger charge is -2.17. The number of rotatable bonds is 4. The molecule has 11 heteroatoms. The minimum atomic E-state index is -0.752. The maximum Gasteiger partial charge on any atom is 0.355 e. The van der Waals surface area contributed by atoms with Crippen molar-refractivity contribution in [3.63, 3.8) is 0 Å². The van der Waals surface area contributed by atoms with Gasteiger partial charge in [-0.05, 0) is 62.3 Å². The molecule has 0 spiro atoms. The van der Waals surface area contributed by atoms with Crippen LogP contribution in [0, 0.1) is 5.82 Å². The summed E-state index contributed by atoms with van der Waals surface area (Å²) in [5.41, 5.74) is 9.08. The third-order valence-corrected chi connectivity index (χ3v) is 6.56. The van der Waals surface area contributed by atoms with Crippen molar-refractivity contribution in [1.29, 1.82) is 0 Å². The quantitative estimate of drug-likeness (QED) is 0.437. The monoisotopic (exact) mass is 499 g/mol. The van der Waals surface area contributed by atoms with E-state index in [0.717, 1.165) is 35.2 Å². The van der Waals surface area contributed by atoms with E-state index >= 15 is 0 Å². The zero-order valence-electron chi connectivity index (χ0n) is 18.3. The van der Waals surface area contributed by atoms with E-state index in [4.69, 9.17) is 28.9 Å². The minimum Gasteiger partial charge on any atom is -0.384 e. The standard InChI is InChI=1S/C23H20Cl2FN7O/c1-32(2)15-6-11-3-4-14(5-12(11)7-15)29-22-28-10-16-20(27)33(23(34)31-21(16)30-22)19-17(24)8-13(26)9-18(19)25/h3-5,8-10,15H,6-7,27H2,1-2H3,(H,29,30,31,34). The molecule has 8 nitrogen and oxygen atoms in total. The first-order valence-electron chi connectivity index (χ1n) is 10.5. The summed E-state index contributed by atoms with van der Waals surface area (Å²) in [4.78, 5) is 27.8. The van der Waals surface area contributed by atoms with E-state index in [9.17, 15) is 9.18 Å². The van der Waals surface area contributed by atoms with Crippen molar-refractivity contribution in [2.24, 2.45) is 0 Å².